The summed E-state index contributed by atoms with van der Waals surface area (Å²) in [5, 5.41) is 13.5. The number of carbonyl (C=O) groups excluding carboxylic acids is 5. The number of nitrogens with one attached hydrogen (secondary N) is 2. The molecule has 13 nitrogen and oxygen atoms in total. The van der Waals surface area contributed by atoms with Crippen molar-refractivity contribution in [3.05, 3.63) is 29.3 Å². The lowest BCUT2D eigenvalue weighted by Crippen LogP contribution is -2.54. The Bertz CT molecular complexity index is 1050. The van der Waals surface area contributed by atoms with Gasteiger partial charge in [0.05, 0.1) is 69.7 Å². The first kappa shape index (κ1) is 31.3. The Morgan fingerprint density at radius 2 is 1.52 bits per heavy atom. The number of ether oxygens (including phenoxy) is 4. The highest BCUT2D eigenvalue weighted by atomic mass is 16.6. The van der Waals surface area contributed by atoms with E-state index in [0.717, 1.165) is 17.7 Å². The van der Waals surface area contributed by atoms with Gasteiger partial charge < -0.3 is 29.4 Å². The maximum absolute atomic E-state index is 13.1. The molecule has 1 saturated heterocycles. The first-order valence-corrected chi connectivity index (χ1v) is 13.5. The van der Waals surface area contributed by atoms with Crippen LogP contribution < -0.4 is 10.6 Å². The van der Waals surface area contributed by atoms with E-state index in [2.05, 4.69) is 10.6 Å². The van der Waals surface area contributed by atoms with Gasteiger partial charge in [0.2, 0.25) is 17.7 Å². The summed E-state index contributed by atoms with van der Waals surface area (Å²) in [6.45, 7) is 3.56. The van der Waals surface area contributed by atoms with E-state index < -0.39 is 29.7 Å². The molecular formula is C27H37N3O10. The molecule has 0 aliphatic carbocycles. The highest BCUT2D eigenvalue weighted by molar-refractivity contribution is 6.26. The summed E-state index contributed by atoms with van der Waals surface area (Å²) in [5.74, 6) is -2.70. The van der Waals surface area contributed by atoms with Gasteiger partial charge in [0.15, 0.2) is 0 Å². The van der Waals surface area contributed by atoms with Gasteiger partial charge in [-0.2, -0.15) is 0 Å². The second-order valence-electron chi connectivity index (χ2n) is 9.21. The first-order chi connectivity index (χ1) is 19.4. The Hall–Kier alpha value is -3.23. The SMILES string of the molecule is O=C1CCC(N2C(=O)c3cccc(NC(=O)CCCCCOCCOCCOCCOCCO)c3C2=O)C(=O)N1. The van der Waals surface area contributed by atoms with Crippen LogP contribution in [0.3, 0.4) is 0 Å². The number of fused-ring (bicyclic) bond motifs is 1. The molecule has 40 heavy (non-hydrogen) atoms. The summed E-state index contributed by atoms with van der Waals surface area (Å²) in [5.41, 5.74) is 0.393. The number of rotatable bonds is 19. The second kappa shape index (κ2) is 16.8. The summed E-state index contributed by atoms with van der Waals surface area (Å²) in [6.07, 6.45) is 2.50. The Balaban J connectivity index is 1.29. The number of hydrogen-bond acceptors (Lipinski definition) is 10. The molecule has 0 spiro atoms. The number of carbonyl (C=O) groups is 5. The van der Waals surface area contributed by atoms with Crippen LogP contribution in [0.4, 0.5) is 5.69 Å². The Morgan fingerprint density at radius 1 is 0.875 bits per heavy atom. The number of anilines is 1. The van der Waals surface area contributed by atoms with E-state index in [0.29, 0.717) is 59.3 Å². The van der Waals surface area contributed by atoms with Gasteiger partial charge in [-0.1, -0.05) is 12.5 Å². The number of amides is 5. The molecule has 1 atom stereocenters. The molecule has 3 N–H and O–H groups in total. The minimum atomic E-state index is -1.06. The van der Waals surface area contributed by atoms with E-state index >= 15 is 0 Å². The fourth-order valence-electron chi connectivity index (χ4n) is 4.32. The van der Waals surface area contributed by atoms with Gasteiger partial charge in [-0.15, -0.1) is 0 Å². The lowest BCUT2D eigenvalue weighted by atomic mass is 10.0. The zero-order valence-corrected chi connectivity index (χ0v) is 22.5. The smallest absolute Gasteiger partial charge is 0.264 e. The summed E-state index contributed by atoms with van der Waals surface area (Å²) in [6, 6.07) is 3.53. The first-order valence-electron chi connectivity index (χ1n) is 13.5. The second-order valence-corrected chi connectivity index (χ2v) is 9.21. The largest absolute Gasteiger partial charge is 0.394 e. The minimum Gasteiger partial charge on any atom is -0.394 e. The topological polar surface area (TPSA) is 170 Å². The van der Waals surface area contributed by atoms with Crippen molar-refractivity contribution in [2.45, 2.75) is 44.6 Å². The average molecular weight is 564 g/mol. The third-order valence-electron chi connectivity index (χ3n) is 6.29. The van der Waals surface area contributed by atoms with Crippen LogP contribution in [0.15, 0.2) is 18.2 Å². The van der Waals surface area contributed by atoms with E-state index in [1.54, 1.807) is 12.1 Å². The number of nitrogens with zero attached hydrogens (tertiary/aromatic N) is 1. The van der Waals surface area contributed by atoms with E-state index in [1.807, 2.05) is 0 Å². The van der Waals surface area contributed by atoms with Gasteiger partial charge >= 0.3 is 0 Å². The fraction of sp³-hybridized carbons (Fsp3) is 0.593. The van der Waals surface area contributed by atoms with Crippen molar-refractivity contribution in [2.24, 2.45) is 0 Å². The number of unbranched alkanes of at least 4 members (excludes halogenated alkanes) is 2. The van der Waals surface area contributed by atoms with Gasteiger partial charge in [-0.3, -0.25) is 34.2 Å². The van der Waals surface area contributed by atoms with Crippen LogP contribution >= 0.6 is 0 Å². The van der Waals surface area contributed by atoms with Crippen molar-refractivity contribution < 1.29 is 48.0 Å². The maximum Gasteiger partial charge on any atom is 0.264 e. The molecule has 0 saturated carbocycles. The van der Waals surface area contributed by atoms with Crippen molar-refractivity contribution in [1.29, 1.82) is 0 Å². The molecule has 1 fully saturated rings. The molecule has 0 bridgehead atoms. The summed E-state index contributed by atoms with van der Waals surface area (Å²) in [4.78, 5) is 63.1. The van der Waals surface area contributed by atoms with E-state index in [1.165, 1.54) is 6.07 Å². The highest BCUT2D eigenvalue weighted by Gasteiger charge is 2.45. The Kier molecular flexibility index (Phi) is 13.1. The van der Waals surface area contributed by atoms with E-state index in [4.69, 9.17) is 24.1 Å². The lowest BCUT2D eigenvalue weighted by Gasteiger charge is -2.27. The van der Waals surface area contributed by atoms with Crippen molar-refractivity contribution >= 4 is 35.2 Å². The van der Waals surface area contributed by atoms with Crippen LogP contribution in [0.2, 0.25) is 0 Å². The van der Waals surface area contributed by atoms with Gasteiger partial charge in [-0.05, 0) is 31.4 Å². The zero-order valence-electron chi connectivity index (χ0n) is 22.5. The molecule has 3 rings (SSSR count). The molecule has 1 aromatic rings. The van der Waals surface area contributed by atoms with Crippen LogP contribution in [0.25, 0.3) is 0 Å². The van der Waals surface area contributed by atoms with Gasteiger partial charge in [0, 0.05) is 19.4 Å². The number of aliphatic hydroxyl groups excluding tert-OH is 1. The molecule has 2 heterocycles. The number of imide groups is 2. The predicted octanol–water partition coefficient (Wildman–Crippen LogP) is 0.645. The van der Waals surface area contributed by atoms with Crippen LogP contribution in [-0.4, -0.2) is 105 Å². The zero-order chi connectivity index (χ0) is 28.7. The summed E-state index contributed by atoms with van der Waals surface area (Å²) < 4.78 is 21.3. The summed E-state index contributed by atoms with van der Waals surface area (Å²) in [7, 11) is 0. The predicted molar refractivity (Wildman–Crippen MR) is 141 cm³/mol. The van der Waals surface area contributed by atoms with Crippen molar-refractivity contribution in [1.82, 2.24) is 10.2 Å². The molecule has 5 amide bonds. The molecule has 2 aliphatic rings. The van der Waals surface area contributed by atoms with E-state index in [9.17, 15) is 24.0 Å². The molecule has 13 heteroatoms. The monoisotopic (exact) mass is 563 g/mol. The molecule has 2 aliphatic heterocycles. The molecular weight excluding hydrogens is 526 g/mol. The number of piperidine rings is 1. The number of aliphatic hydroxyl groups is 1. The van der Waals surface area contributed by atoms with Gasteiger partial charge in [0.25, 0.3) is 11.8 Å². The molecule has 220 valence electrons. The van der Waals surface area contributed by atoms with Crippen molar-refractivity contribution in [3.8, 4) is 0 Å². The molecule has 1 unspecified atom stereocenters. The average Bonchev–Trinajstić information content (AvgIpc) is 3.18. The van der Waals surface area contributed by atoms with Crippen LogP contribution in [0.5, 0.6) is 0 Å². The molecule has 0 radical (unpaired) electrons. The summed E-state index contributed by atoms with van der Waals surface area (Å²) >= 11 is 0. The lowest BCUT2D eigenvalue weighted by molar-refractivity contribution is -0.136. The fourth-order valence-corrected chi connectivity index (χ4v) is 4.32. The molecule has 1 aromatic carbocycles. The Labute approximate surface area is 232 Å². The number of hydrogen-bond donors (Lipinski definition) is 3. The molecule has 0 aromatic heterocycles. The Morgan fingerprint density at radius 3 is 2.17 bits per heavy atom. The maximum atomic E-state index is 13.1. The minimum absolute atomic E-state index is 0.00252. The normalized spacial score (nSPS) is 16.8. The number of benzene rings is 1. The highest BCUT2D eigenvalue weighted by Crippen LogP contribution is 2.32. The van der Waals surface area contributed by atoms with Crippen LogP contribution in [0.1, 0.15) is 59.2 Å². The standard InChI is InChI=1S/C27H37N3O10/c31-10-12-38-14-16-40-18-17-39-15-13-37-11-3-1-2-7-22(32)28-20-6-4-5-19-24(20)27(36)30(26(19)35)21-8-9-23(33)29-25(21)34/h4-6,21,31H,1-3,7-18H2,(H,28,32)(H,29,33,34). The van der Waals surface area contributed by atoms with Crippen LogP contribution in [-0.2, 0) is 33.3 Å². The van der Waals surface area contributed by atoms with Crippen molar-refractivity contribution in [3.63, 3.8) is 0 Å². The van der Waals surface area contributed by atoms with E-state index in [-0.39, 0.29) is 48.6 Å². The van der Waals surface area contributed by atoms with Crippen molar-refractivity contribution in [2.75, 3.05) is 64.8 Å². The van der Waals surface area contributed by atoms with Gasteiger partial charge in [-0.25, -0.2) is 0 Å². The third kappa shape index (κ3) is 9.17. The quantitative estimate of drug-likeness (QED) is 0.160. The van der Waals surface area contributed by atoms with Crippen LogP contribution in [0, 0.1) is 0 Å². The third-order valence-corrected chi connectivity index (χ3v) is 6.29. The van der Waals surface area contributed by atoms with Gasteiger partial charge in [0.1, 0.15) is 6.04 Å².